The highest BCUT2D eigenvalue weighted by Gasteiger charge is 2.05. The summed E-state index contributed by atoms with van der Waals surface area (Å²) in [4.78, 5) is 21.6. The van der Waals surface area contributed by atoms with Crippen LogP contribution in [0.4, 0.5) is 0 Å². The molecule has 0 unspecified atom stereocenters. The van der Waals surface area contributed by atoms with Crippen molar-refractivity contribution >= 4 is 45.1 Å². The van der Waals surface area contributed by atoms with Gasteiger partial charge in [0, 0.05) is 4.88 Å². The lowest BCUT2D eigenvalue weighted by molar-refractivity contribution is -0.146. The van der Waals surface area contributed by atoms with Gasteiger partial charge in [0.25, 0.3) is 5.78 Å². The van der Waals surface area contributed by atoms with Crippen molar-refractivity contribution in [2.24, 2.45) is 0 Å². The lowest BCUT2D eigenvalue weighted by Crippen LogP contribution is -2.07. The van der Waals surface area contributed by atoms with E-state index in [2.05, 4.69) is 15.9 Å². The summed E-state index contributed by atoms with van der Waals surface area (Å²) in [7, 11) is 0. The smallest absolute Gasteiger partial charge is 0.376 e. The van der Waals surface area contributed by atoms with Crippen molar-refractivity contribution < 1.29 is 14.7 Å². The van der Waals surface area contributed by atoms with Crippen molar-refractivity contribution in [3.05, 3.63) is 26.9 Å². The van der Waals surface area contributed by atoms with Gasteiger partial charge < -0.3 is 5.11 Å². The Kier molecular flexibility index (Phi) is 3.39. The number of hydrogen-bond acceptors (Lipinski definition) is 3. The highest BCUT2D eigenvalue weighted by molar-refractivity contribution is 9.11. The van der Waals surface area contributed by atoms with Crippen molar-refractivity contribution in [2.45, 2.75) is 0 Å². The van der Waals surface area contributed by atoms with Gasteiger partial charge in [0.15, 0.2) is 0 Å². The Morgan fingerprint density at radius 3 is 2.62 bits per heavy atom. The van der Waals surface area contributed by atoms with Crippen LogP contribution in [-0.4, -0.2) is 16.9 Å². The van der Waals surface area contributed by atoms with Crippen molar-refractivity contribution in [3.8, 4) is 0 Å². The third-order valence-corrected chi connectivity index (χ3v) is 2.79. The van der Waals surface area contributed by atoms with Crippen LogP contribution in [0.15, 0.2) is 22.0 Å². The Hall–Kier alpha value is -0.940. The highest BCUT2D eigenvalue weighted by Crippen LogP contribution is 2.22. The molecule has 1 aromatic rings. The fourth-order valence-corrected chi connectivity index (χ4v) is 1.97. The molecule has 0 fully saturated rings. The first-order valence-electron chi connectivity index (χ1n) is 3.30. The highest BCUT2D eigenvalue weighted by atomic mass is 79.9. The van der Waals surface area contributed by atoms with Gasteiger partial charge in [0.2, 0.25) is 0 Å². The molecule has 1 N–H and O–H groups in total. The normalized spacial score (nSPS) is 10.5. The number of carbonyl (C=O) groups is 2. The number of thiophene rings is 1. The molecule has 1 heterocycles. The van der Waals surface area contributed by atoms with E-state index in [-0.39, 0.29) is 0 Å². The lowest BCUT2D eigenvalue weighted by atomic mass is 10.3. The zero-order valence-corrected chi connectivity index (χ0v) is 8.76. The molecule has 68 valence electrons. The summed E-state index contributed by atoms with van der Waals surface area (Å²) >= 11 is 4.68. The van der Waals surface area contributed by atoms with Gasteiger partial charge >= 0.3 is 5.97 Å². The number of halogens is 1. The maximum absolute atomic E-state index is 10.6. The molecule has 0 aliphatic carbocycles. The number of carbonyl (C=O) groups excluding carboxylic acids is 1. The molecule has 5 heteroatoms. The molecule has 13 heavy (non-hydrogen) atoms. The predicted molar refractivity (Wildman–Crippen MR) is 53.7 cm³/mol. The van der Waals surface area contributed by atoms with E-state index < -0.39 is 11.8 Å². The zero-order valence-electron chi connectivity index (χ0n) is 6.36. The van der Waals surface area contributed by atoms with Crippen molar-refractivity contribution in [3.63, 3.8) is 0 Å². The van der Waals surface area contributed by atoms with Crippen molar-refractivity contribution in [2.75, 3.05) is 0 Å². The van der Waals surface area contributed by atoms with E-state index in [1.807, 2.05) is 6.07 Å². The van der Waals surface area contributed by atoms with Gasteiger partial charge in [-0.05, 0) is 40.2 Å². The molecule has 0 radical (unpaired) electrons. The van der Waals surface area contributed by atoms with Gasteiger partial charge in [-0.25, -0.2) is 4.79 Å². The first-order chi connectivity index (χ1) is 6.09. The minimum absolute atomic E-state index is 0.835. The molecule has 3 nitrogen and oxygen atoms in total. The minimum Gasteiger partial charge on any atom is -0.475 e. The van der Waals surface area contributed by atoms with Crippen LogP contribution in [0.1, 0.15) is 4.88 Å². The van der Waals surface area contributed by atoms with Crippen LogP contribution in [-0.2, 0) is 9.59 Å². The van der Waals surface area contributed by atoms with E-state index in [4.69, 9.17) is 5.11 Å². The molecule has 1 rings (SSSR count). The number of carboxylic acid groups (broad SMARTS) is 1. The Labute approximate surface area is 86.8 Å². The van der Waals surface area contributed by atoms with Crippen LogP contribution in [0.2, 0.25) is 0 Å². The van der Waals surface area contributed by atoms with Gasteiger partial charge in [-0.2, -0.15) is 0 Å². The SMILES string of the molecule is O=C(O)C(=O)C=Cc1ccc(Br)s1. The fraction of sp³-hybridized carbons (Fsp3) is 0. The van der Waals surface area contributed by atoms with Gasteiger partial charge in [-0.15, -0.1) is 11.3 Å². The van der Waals surface area contributed by atoms with Crippen LogP contribution in [0, 0.1) is 0 Å². The average molecular weight is 261 g/mol. The number of carboxylic acids is 1. The summed E-state index contributed by atoms with van der Waals surface area (Å²) in [5.74, 6) is -2.35. The second-order valence-corrected chi connectivity index (χ2v) is 4.64. The molecule has 0 saturated heterocycles. The lowest BCUT2D eigenvalue weighted by Gasteiger charge is -1.83. The zero-order chi connectivity index (χ0) is 9.84. The largest absolute Gasteiger partial charge is 0.475 e. The number of hydrogen-bond donors (Lipinski definition) is 1. The molecular formula is C8H5BrO3S. The molecule has 1 aromatic heterocycles. The Balaban J connectivity index is 2.69. The quantitative estimate of drug-likeness (QED) is 0.670. The molecule has 0 amide bonds. The molecule has 0 spiro atoms. The van der Waals surface area contributed by atoms with Crippen LogP contribution < -0.4 is 0 Å². The maximum atomic E-state index is 10.6. The van der Waals surface area contributed by atoms with E-state index >= 15 is 0 Å². The standard InChI is InChI=1S/C8H5BrO3S/c9-7-4-2-5(13-7)1-3-6(10)8(11)12/h1-4H,(H,11,12). The first kappa shape index (κ1) is 10.1. The average Bonchev–Trinajstić information content (AvgIpc) is 2.47. The summed E-state index contributed by atoms with van der Waals surface area (Å²) in [5.41, 5.74) is 0. The van der Waals surface area contributed by atoms with Gasteiger partial charge in [0.05, 0.1) is 3.79 Å². The van der Waals surface area contributed by atoms with E-state index in [9.17, 15) is 9.59 Å². The topological polar surface area (TPSA) is 54.4 Å². The molecule has 0 bridgehead atoms. The molecule has 0 aliphatic heterocycles. The summed E-state index contributed by atoms with van der Waals surface area (Å²) in [6, 6.07) is 3.62. The molecule has 0 aliphatic rings. The second kappa shape index (κ2) is 4.34. The monoisotopic (exact) mass is 260 g/mol. The van der Waals surface area contributed by atoms with Crippen LogP contribution in [0.25, 0.3) is 6.08 Å². The Morgan fingerprint density at radius 2 is 2.15 bits per heavy atom. The van der Waals surface area contributed by atoms with E-state index in [1.54, 1.807) is 6.07 Å². The van der Waals surface area contributed by atoms with Crippen molar-refractivity contribution in [1.29, 1.82) is 0 Å². The third kappa shape index (κ3) is 3.12. The third-order valence-electron chi connectivity index (χ3n) is 1.20. The summed E-state index contributed by atoms with van der Waals surface area (Å²) < 4.78 is 0.940. The molecule has 0 atom stereocenters. The van der Waals surface area contributed by atoms with Gasteiger partial charge in [-0.1, -0.05) is 0 Å². The minimum atomic E-state index is -1.44. The van der Waals surface area contributed by atoms with Crippen LogP contribution >= 0.6 is 27.3 Å². The molecular weight excluding hydrogens is 256 g/mol. The first-order valence-corrected chi connectivity index (χ1v) is 4.91. The van der Waals surface area contributed by atoms with E-state index in [0.29, 0.717) is 0 Å². The van der Waals surface area contributed by atoms with E-state index in [1.165, 1.54) is 17.4 Å². The van der Waals surface area contributed by atoms with Gasteiger partial charge in [0.1, 0.15) is 0 Å². The summed E-state index contributed by atoms with van der Waals surface area (Å²) in [5, 5.41) is 8.26. The Bertz CT molecular complexity index is 367. The Morgan fingerprint density at radius 1 is 1.46 bits per heavy atom. The number of rotatable bonds is 3. The second-order valence-electron chi connectivity index (χ2n) is 2.14. The van der Waals surface area contributed by atoms with Crippen molar-refractivity contribution in [1.82, 2.24) is 0 Å². The molecule has 0 saturated carbocycles. The number of ketones is 1. The van der Waals surface area contributed by atoms with Crippen LogP contribution in [0.5, 0.6) is 0 Å². The fourth-order valence-electron chi connectivity index (χ4n) is 0.647. The van der Waals surface area contributed by atoms with Crippen LogP contribution in [0.3, 0.4) is 0 Å². The summed E-state index contributed by atoms with van der Waals surface area (Å²) in [6.07, 6.45) is 2.52. The number of aliphatic carboxylic acids is 1. The predicted octanol–water partition coefficient (Wildman–Crippen LogP) is 2.18. The molecule has 0 aromatic carbocycles. The van der Waals surface area contributed by atoms with E-state index in [0.717, 1.165) is 14.7 Å². The summed E-state index contributed by atoms with van der Waals surface area (Å²) in [6.45, 7) is 0. The maximum Gasteiger partial charge on any atom is 0.376 e. The van der Waals surface area contributed by atoms with Gasteiger partial charge in [-0.3, -0.25) is 4.79 Å².